The minimum atomic E-state index is -0.118. The summed E-state index contributed by atoms with van der Waals surface area (Å²) in [6.45, 7) is 0. The van der Waals surface area contributed by atoms with E-state index in [4.69, 9.17) is 12.2 Å². The number of carbonyl (C=O) groups excluding carboxylic acids is 1. The molecule has 0 aliphatic heterocycles. The van der Waals surface area contributed by atoms with E-state index in [2.05, 4.69) is 40.4 Å². The van der Waals surface area contributed by atoms with Crippen molar-refractivity contribution in [1.82, 2.24) is 10.9 Å². The number of thiocarbonyl (C=S) groups is 1. The first kappa shape index (κ1) is 18.2. The molecule has 3 N–H and O–H groups in total. The third-order valence-electron chi connectivity index (χ3n) is 3.72. The lowest BCUT2D eigenvalue weighted by Crippen LogP contribution is -2.44. The summed E-state index contributed by atoms with van der Waals surface area (Å²) in [5, 5.41) is 5.80. The van der Waals surface area contributed by atoms with Crippen LogP contribution in [0.1, 0.15) is 5.56 Å². The predicted octanol–water partition coefficient (Wildman–Crippen LogP) is 4.09. The number of hydrogen-bond acceptors (Lipinski definition) is 3. The Balaban J connectivity index is 1.42. The van der Waals surface area contributed by atoms with Crippen molar-refractivity contribution in [2.75, 3.05) is 11.1 Å². The Morgan fingerprint density at radius 1 is 0.885 bits per heavy atom. The van der Waals surface area contributed by atoms with Gasteiger partial charge >= 0.3 is 0 Å². The Hall–Kier alpha value is -2.57. The summed E-state index contributed by atoms with van der Waals surface area (Å²) in [4.78, 5) is 12.0. The summed E-state index contributed by atoms with van der Waals surface area (Å²) < 4.78 is 0. The van der Waals surface area contributed by atoms with E-state index >= 15 is 0 Å². The number of hydrogen-bond donors (Lipinski definition) is 3. The number of anilines is 1. The van der Waals surface area contributed by atoms with Crippen LogP contribution in [0.25, 0.3) is 10.8 Å². The van der Waals surface area contributed by atoms with Gasteiger partial charge in [0.2, 0.25) is 5.91 Å². The van der Waals surface area contributed by atoms with Crippen LogP contribution in [-0.4, -0.2) is 16.8 Å². The minimum Gasteiger partial charge on any atom is -0.331 e. The first-order valence-electron chi connectivity index (χ1n) is 8.17. The highest BCUT2D eigenvalue weighted by molar-refractivity contribution is 7.99. The average Bonchev–Trinajstić information content (AvgIpc) is 2.67. The van der Waals surface area contributed by atoms with Crippen molar-refractivity contribution in [2.24, 2.45) is 0 Å². The molecule has 3 aromatic carbocycles. The van der Waals surface area contributed by atoms with Crippen LogP contribution >= 0.6 is 24.0 Å². The number of carbonyl (C=O) groups is 1. The molecule has 0 unspecified atom stereocenters. The highest BCUT2D eigenvalue weighted by atomic mass is 32.2. The van der Waals surface area contributed by atoms with Crippen molar-refractivity contribution in [3.63, 3.8) is 0 Å². The second-order valence-electron chi connectivity index (χ2n) is 5.62. The zero-order valence-electron chi connectivity index (χ0n) is 14.1. The van der Waals surface area contributed by atoms with Gasteiger partial charge in [-0.1, -0.05) is 60.7 Å². The quantitative estimate of drug-likeness (QED) is 0.459. The van der Waals surface area contributed by atoms with Crippen LogP contribution < -0.4 is 16.2 Å². The fraction of sp³-hybridized carbons (Fsp3) is 0.100. The maximum absolute atomic E-state index is 12.0. The number of amides is 1. The van der Waals surface area contributed by atoms with Gasteiger partial charge in [0.15, 0.2) is 5.11 Å². The molecule has 0 fully saturated rings. The molecule has 1 amide bonds. The van der Waals surface area contributed by atoms with E-state index in [9.17, 15) is 4.79 Å². The fourth-order valence-corrected chi connectivity index (χ4v) is 3.52. The largest absolute Gasteiger partial charge is 0.331 e. The monoisotopic (exact) mass is 381 g/mol. The lowest BCUT2D eigenvalue weighted by molar-refractivity contribution is -0.119. The van der Waals surface area contributed by atoms with Crippen molar-refractivity contribution in [3.8, 4) is 0 Å². The van der Waals surface area contributed by atoms with Gasteiger partial charge in [0.25, 0.3) is 0 Å². The van der Waals surface area contributed by atoms with Crippen LogP contribution in [0, 0.1) is 0 Å². The van der Waals surface area contributed by atoms with Gasteiger partial charge in [-0.25, -0.2) is 0 Å². The van der Waals surface area contributed by atoms with E-state index < -0.39 is 0 Å². The third kappa shape index (κ3) is 5.21. The Morgan fingerprint density at radius 2 is 1.62 bits per heavy atom. The Kier molecular flexibility index (Phi) is 6.46. The summed E-state index contributed by atoms with van der Waals surface area (Å²) in [5.41, 5.74) is 7.43. The van der Waals surface area contributed by atoms with Crippen molar-refractivity contribution in [3.05, 3.63) is 78.4 Å². The smallest absolute Gasteiger partial charge is 0.248 e. The first-order chi connectivity index (χ1) is 12.7. The Labute approximate surface area is 162 Å². The highest BCUT2D eigenvalue weighted by Gasteiger charge is 2.05. The fourth-order valence-electron chi connectivity index (χ4n) is 2.52. The molecule has 4 nitrogen and oxygen atoms in total. The summed E-state index contributed by atoms with van der Waals surface area (Å²) in [6, 6.07) is 24.1. The molecule has 0 atom stereocenters. The van der Waals surface area contributed by atoms with Gasteiger partial charge in [-0.05, 0) is 40.7 Å². The van der Waals surface area contributed by atoms with Gasteiger partial charge in [0.05, 0.1) is 5.75 Å². The molecule has 0 saturated heterocycles. The predicted molar refractivity (Wildman–Crippen MR) is 114 cm³/mol. The number of benzene rings is 3. The van der Waals surface area contributed by atoms with Gasteiger partial charge in [0, 0.05) is 11.4 Å². The van der Waals surface area contributed by atoms with Crippen molar-refractivity contribution < 1.29 is 4.79 Å². The van der Waals surface area contributed by atoms with E-state index in [1.54, 1.807) is 11.8 Å². The molecular formula is C20H19N3OS2. The topological polar surface area (TPSA) is 53.2 Å². The molecule has 0 aromatic heterocycles. The van der Waals surface area contributed by atoms with Gasteiger partial charge in [-0.2, -0.15) is 0 Å². The van der Waals surface area contributed by atoms with Gasteiger partial charge in [-0.15, -0.1) is 11.8 Å². The number of nitrogens with one attached hydrogen (secondary N) is 3. The summed E-state index contributed by atoms with van der Waals surface area (Å²) in [5.74, 6) is 1.01. The molecule has 0 bridgehead atoms. The molecule has 0 radical (unpaired) electrons. The second-order valence-corrected chi connectivity index (χ2v) is 7.02. The summed E-state index contributed by atoms with van der Waals surface area (Å²) in [6.07, 6.45) is 0. The lowest BCUT2D eigenvalue weighted by Gasteiger charge is -2.11. The molecule has 0 aliphatic carbocycles. The van der Waals surface area contributed by atoms with Gasteiger partial charge < -0.3 is 5.32 Å². The molecular weight excluding hydrogens is 362 g/mol. The van der Waals surface area contributed by atoms with Crippen LogP contribution in [0.4, 0.5) is 5.69 Å². The molecule has 132 valence electrons. The zero-order chi connectivity index (χ0) is 18.2. The maximum Gasteiger partial charge on any atom is 0.248 e. The molecule has 0 spiro atoms. The molecule has 6 heteroatoms. The minimum absolute atomic E-state index is 0.118. The summed E-state index contributed by atoms with van der Waals surface area (Å²) >= 11 is 6.72. The number of hydrazine groups is 1. The standard InChI is InChI=1S/C20H19N3OS2/c24-19(22-23-20(25)21-17-10-2-1-3-11-17)14-26-13-16-9-6-8-15-7-4-5-12-18(15)16/h1-12H,13-14H2,(H,22,24)(H2,21,23,25). The molecule has 0 heterocycles. The maximum atomic E-state index is 12.0. The Morgan fingerprint density at radius 3 is 2.46 bits per heavy atom. The summed E-state index contributed by atoms with van der Waals surface area (Å²) in [7, 11) is 0. The van der Waals surface area contributed by atoms with Gasteiger partial charge in [-0.3, -0.25) is 15.6 Å². The van der Waals surface area contributed by atoms with E-state index in [1.165, 1.54) is 16.3 Å². The van der Waals surface area contributed by atoms with Crippen LogP contribution in [0.3, 0.4) is 0 Å². The van der Waals surface area contributed by atoms with Gasteiger partial charge in [0.1, 0.15) is 0 Å². The second kappa shape index (κ2) is 9.22. The molecule has 26 heavy (non-hydrogen) atoms. The van der Waals surface area contributed by atoms with E-state index in [1.807, 2.05) is 48.5 Å². The number of fused-ring (bicyclic) bond motifs is 1. The SMILES string of the molecule is O=C(CSCc1cccc2ccccc12)NNC(=S)Nc1ccccc1. The zero-order valence-corrected chi connectivity index (χ0v) is 15.7. The van der Waals surface area contributed by atoms with E-state index in [-0.39, 0.29) is 5.91 Å². The molecule has 3 rings (SSSR count). The van der Waals surface area contributed by atoms with Crippen LogP contribution in [0.5, 0.6) is 0 Å². The van der Waals surface area contributed by atoms with Crippen LogP contribution in [0.2, 0.25) is 0 Å². The molecule has 0 saturated carbocycles. The number of para-hydroxylation sites is 1. The Bertz CT molecular complexity index is 894. The van der Waals surface area contributed by atoms with Crippen LogP contribution in [0.15, 0.2) is 72.8 Å². The number of thioether (sulfide) groups is 1. The third-order valence-corrected chi connectivity index (χ3v) is 4.90. The first-order valence-corrected chi connectivity index (χ1v) is 9.74. The van der Waals surface area contributed by atoms with Crippen LogP contribution in [-0.2, 0) is 10.5 Å². The average molecular weight is 382 g/mol. The van der Waals surface area contributed by atoms with Crippen molar-refractivity contribution in [1.29, 1.82) is 0 Å². The van der Waals surface area contributed by atoms with E-state index in [0.29, 0.717) is 10.9 Å². The normalized spacial score (nSPS) is 10.3. The molecule has 3 aromatic rings. The van der Waals surface area contributed by atoms with E-state index in [0.717, 1.165) is 11.4 Å². The number of rotatable bonds is 5. The van der Waals surface area contributed by atoms with Crippen molar-refractivity contribution in [2.45, 2.75) is 5.75 Å². The lowest BCUT2D eigenvalue weighted by atomic mass is 10.1. The molecule has 0 aliphatic rings. The van der Waals surface area contributed by atoms with Crippen molar-refractivity contribution >= 4 is 51.5 Å². The highest BCUT2D eigenvalue weighted by Crippen LogP contribution is 2.22.